The summed E-state index contributed by atoms with van der Waals surface area (Å²) in [5.41, 5.74) is 1.12. The van der Waals surface area contributed by atoms with Gasteiger partial charge in [0.2, 0.25) is 0 Å². The van der Waals surface area contributed by atoms with Crippen molar-refractivity contribution in [3.8, 4) is 11.5 Å². The van der Waals surface area contributed by atoms with Crippen molar-refractivity contribution < 1.29 is 9.13 Å². The fourth-order valence-electron chi connectivity index (χ4n) is 1.56. The Labute approximate surface area is 119 Å². The van der Waals surface area contributed by atoms with Gasteiger partial charge in [-0.15, -0.1) is 0 Å². The molecule has 0 bridgehead atoms. The van der Waals surface area contributed by atoms with Crippen LogP contribution < -0.4 is 4.74 Å². The second-order valence-electron chi connectivity index (χ2n) is 3.83. The monoisotopic (exact) mass is 328 g/mol. The van der Waals surface area contributed by atoms with Gasteiger partial charge < -0.3 is 4.74 Å². The molecule has 0 aliphatic carbocycles. The van der Waals surface area contributed by atoms with Crippen molar-refractivity contribution in [1.29, 1.82) is 0 Å². The maximum Gasteiger partial charge on any atom is 0.146 e. The Morgan fingerprint density at radius 1 is 1.22 bits per heavy atom. The molecule has 4 heteroatoms. The molecule has 18 heavy (non-hydrogen) atoms. The van der Waals surface area contributed by atoms with Gasteiger partial charge in [-0.1, -0.05) is 40.5 Å². The predicted molar refractivity (Wildman–Crippen MR) is 75.0 cm³/mol. The number of ether oxygens (including phenoxy) is 1. The first-order valence-corrected chi connectivity index (χ1v) is 6.68. The summed E-state index contributed by atoms with van der Waals surface area (Å²) >= 11 is 9.27. The van der Waals surface area contributed by atoms with Crippen molar-refractivity contribution in [2.45, 2.75) is 13.3 Å². The van der Waals surface area contributed by atoms with E-state index in [9.17, 15) is 4.39 Å². The Bertz CT molecular complexity index is 551. The van der Waals surface area contributed by atoms with Gasteiger partial charge in [0, 0.05) is 10.5 Å². The molecule has 0 fully saturated rings. The van der Waals surface area contributed by atoms with Crippen LogP contribution >= 0.6 is 27.5 Å². The minimum absolute atomic E-state index is 0.359. The topological polar surface area (TPSA) is 9.23 Å². The van der Waals surface area contributed by atoms with Crippen molar-refractivity contribution in [2.24, 2.45) is 0 Å². The normalized spacial score (nSPS) is 10.4. The van der Waals surface area contributed by atoms with Gasteiger partial charge in [0.25, 0.3) is 0 Å². The molecule has 94 valence electrons. The molecule has 2 aromatic rings. The Morgan fingerprint density at radius 2 is 2.00 bits per heavy atom. The number of rotatable bonds is 3. The van der Waals surface area contributed by atoms with Crippen LogP contribution in [0.3, 0.4) is 0 Å². The zero-order valence-corrected chi connectivity index (χ0v) is 12.1. The summed E-state index contributed by atoms with van der Waals surface area (Å²) < 4.78 is 19.5. The fourth-order valence-corrected chi connectivity index (χ4v) is 2.16. The van der Waals surface area contributed by atoms with E-state index in [1.54, 1.807) is 12.1 Å². The van der Waals surface area contributed by atoms with E-state index in [4.69, 9.17) is 16.3 Å². The largest absolute Gasteiger partial charge is 0.456 e. The number of hydrogen-bond donors (Lipinski definition) is 0. The predicted octanol–water partition coefficient (Wildman–Crippen LogP) is 5.60. The lowest BCUT2D eigenvalue weighted by molar-refractivity contribution is 0.476. The van der Waals surface area contributed by atoms with Crippen LogP contribution in [0.2, 0.25) is 5.02 Å². The molecule has 0 saturated heterocycles. The second kappa shape index (κ2) is 5.72. The molecular formula is C14H11BrClFO. The Kier molecular flexibility index (Phi) is 4.25. The Hall–Kier alpha value is -1.06. The van der Waals surface area contributed by atoms with Gasteiger partial charge in [0.05, 0.1) is 5.02 Å². The summed E-state index contributed by atoms with van der Waals surface area (Å²) in [5, 5.41) is 0.507. The molecule has 0 aliphatic heterocycles. The molecule has 0 N–H and O–H groups in total. The van der Waals surface area contributed by atoms with E-state index in [0.29, 0.717) is 21.0 Å². The quantitative estimate of drug-likeness (QED) is 0.712. The highest BCUT2D eigenvalue weighted by molar-refractivity contribution is 9.10. The molecule has 0 spiro atoms. The summed E-state index contributed by atoms with van der Waals surface area (Å²) in [6.07, 6.45) is 0.889. The molecule has 0 unspecified atom stereocenters. The summed E-state index contributed by atoms with van der Waals surface area (Å²) in [6, 6.07) is 9.97. The first-order valence-electron chi connectivity index (χ1n) is 5.51. The van der Waals surface area contributed by atoms with E-state index >= 15 is 0 Å². The molecule has 0 aromatic heterocycles. The molecule has 0 saturated carbocycles. The van der Waals surface area contributed by atoms with Gasteiger partial charge in [-0.25, -0.2) is 4.39 Å². The van der Waals surface area contributed by atoms with Crippen molar-refractivity contribution in [2.75, 3.05) is 0 Å². The van der Waals surface area contributed by atoms with Crippen molar-refractivity contribution in [1.82, 2.24) is 0 Å². The maximum absolute atomic E-state index is 13.2. The van der Waals surface area contributed by atoms with Gasteiger partial charge >= 0.3 is 0 Å². The van der Waals surface area contributed by atoms with Crippen LogP contribution in [0.1, 0.15) is 12.5 Å². The number of benzene rings is 2. The number of aryl methyl sites for hydroxylation is 1. The molecular weight excluding hydrogens is 319 g/mol. The van der Waals surface area contributed by atoms with E-state index in [0.717, 1.165) is 12.0 Å². The summed E-state index contributed by atoms with van der Waals surface area (Å²) in [7, 11) is 0. The molecule has 0 atom stereocenters. The van der Waals surface area contributed by atoms with Crippen LogP contribution in [-0.2, 0) is 6.42 Å². The maximum atomic E-state index is 13.2. The zero-order chi connectivity index (χ0) is 13.1. The van der Waals surface area contributed by atoms with Crippen LogP contribution in [0, 0.1) is 5.82 Å². The minimum Gasteiger partial charge on any atom is -0.456 e. The average molecular weight is 330 g/mol. The van der Waals surface area contributed by atoms with Crippen LogP contribution in [0.5, 0.6) is 11.5 Å². The lowest BCUT2D eigenvalue weighted by Crippen LogP contribution is -1.89. The average Bonchev–Trinajstić information content (AvgIpc) is 2.30. The summed E-state index contributed by atoms with van der Waals surface area (Å²) in [4.78, 5) is 0. The summed E-state index contributed by atoms with van der Waals surface area (Å²) in [5.74, 6) is 0.590. The fraction of sp³-hybridized carbons (Fsp3) is 0.143. The second-order valence-corrected chi connectivity index (χ2v) is 5.15. The van der Waals surface area contributed by atoms with Crippen LogP contribution in [-0.4, -0.2) is 0 Å². The van der Waals surface area contributed by atoms with Crippen molar-refractivity contribution in [3.05, 3.63) is 57.3 Å². The molecule has 0 aliphatic rings. The molecule has 2 rings (SSSR count). The van der Waals surface area contributed by atoms with Crippen LogP contribution in [0.4, 0.5) is 4.39 Å². The number of hydrogen-bond acceptors (Lipinski definition) is 1. The third-order valence-electron chi connectivity index (χ3n) is 2.47. The Morgan fingerprint density at radius 3 is 2.67 bits per heavy atom. The van der Waals surface area contributed by atoms with E-state index in [1.807, 2.05) is 19.1 Å². The van der Waals surface area contributed by atoms with Crippen molar-refractivity contribution in [3.63, 3.8) is 0 Å². The third kappa shape index (κ3) is 3.24. The zero-order valence-electron chi connectivity index (χ0n) is 9.71. The van der Waals surface area contributed by atoms with E-state index in [-0.39, 0.29) is 5.82 Å². The lowest BCUT2D eigenvalue weighted by atomic mass is 10.2. The Balaban J connectivity index is 2.33. The van der Waals surface area contributed by atoms with Gasteiger partial charge in [-0.2, -0.15) is 0 Å². The molecule has 0 heterocycles. The minimum atomic E-state index is -0.359. The SMILES string of the molecule is CCc1ccc(Cl)c(Oc2cc(F)cc(Br)c2)c1. The molecule has 2 aromatic carbocycles. The highest BCUT2D eigenvalue weighted by Crippen LogP contribution is 2.32. The van der Waals surface area contributed by atoms with E-state index in [2.05, 4.69) is 15.9 Å². The number of halogens is 3. The van der Waals surface area contributed by atoms with Gasteiger partial charge in [0.1, 0.15) is 17.3 Å². The van der Waals surface area contributed by atoms with Crippen LogP contribution in [0.15, 0.2) is 40.9 Å². The van der Waals surface area contributed by atoms with Gasteiger partial charge in [-0.05, 0) is 36.2 Å². The standard InChI is InChI=1S/C14H11BrClFO/c1-2-9-3-4-13(16)14(5-9)18-12-7-10(15)6-11(17)8-12/h3-8H,2H2,1H3. The first-order chi connectivity index (χ1) is 8.58. The highest BCUT2D eigenvalue weighted by atomic mass is 79.9. The van der Waals surface area contributed by atoms with Crippen molar-refractivity contribution >= 4 is 27.5 Å². The lowest BCUT2D eigenvalue weighted by Gasteiger charge is -2.09. The smallest absolute Gasteiger partial charge is 0.146 e. The molecule has 0 radical (unpaired) electrons. The highest BCUT2D eigenvalue weighted by Gasteiger charge is 2.06. The summed E-state index contributed by atoms with van der Waals surface area (Å²) in [6.45, 7) is 2.05. The molecule has 1 nitrogen and oxygen atoms in total. The van der Waals surface area contributed by atoms with E-state index in [1.165, 1.54) is 12.1 Å². The third-order valence-corrected chi connectivity index (χ3v) is 3.24. The van der Waals surface area contributed by atoms with Gasteiger partial charge in [-0.3, -0.25) is 0 Å². The first kappa shape index (κ1) is 13.4. The van der Waals surface area contributed by atoms with Gasteiger partial charge in [0.15, 0.2) is 0 Å². The van der Waals surface area contributed by atoms with E-state index < -0.39 is 0 Å². The van der Waals surface area contributed by atoms with Crippen LogP contribution in [0.25, 0.3) is 0 Å². The molecule has 0 amide bonds.